The monoisotopic (exact) mass is 535 g/mol. The molecule has 0 radical (unpaired) electrons. The van der Waals surface area contributed by atoms with Gasteiger partial charge in [-0.2, -0.15) is 13.2 Å². The molecule has 39 heavy (non-hydrogen) atoms. The summed E-state index contributed by atoms with van der Waals surface area (Å²) in [7, 11) is 0. The molecule has 5 rings (SSSR count). The van der Waals surface area contributed by atoms with Gasteiger partial charge in [-0.15, -0.1) is 0 Å². The number of aromatic nitrogens is 2. The van der Waals surface area contributed by atoms with E-state index in [0.29, 0.717) is 6.42 Å². The van der Waals surface area contributed by atoms with Crippen LogP contribution in [-0.4, -0.2) is 57.8 Å². The topological polar surface area (TPSA) is 52.9 Å². The molecule has 6 nitrogen and oxygen atoms in total. The van der Waals surface area contributed by atoms with Crippen molar-refractivity contribution in [3.05, 3.63) is 89.7 Å². The first-order valence-corrected chi connectivity index (χ1v) is 13.3. The van der Waals surface area contributed by atoms with Crippen molar-refractivity contribution in [3.63, 3.8) is 0 Å². The van der Waals surface area contributed by atoms with Gasteiger partial charge >= 0.3 is 6.18 Å². The third kappa shape index (κ3) is 6.49. The smallest absolute Gasteiger partial charge is 0.326 e. The van der Waals surface area contributed by atoms with Crippen LogP contribution in [0.2, 0.25) is 0 Å². The highest BCUT2D eigenvalue weighted by Crippen LogP contribution is 2.34. The number of aryl methyl sites for hydroxylation is 1. The third-order valence-electron chi connectivity index (χ3n) is 7.31. The molecule has 2 aromatic heterocycles. The Morgan fingerprint density at radius 1 is 0.974 bits per heavy atom. The fraction of sp³-hybridized carbons (Fsp3) is 0.333. The van der Waals surface area contributed by atoms with Crippen LogP contribution in [0.4, 0.5) is 18.9 Å². The maximum absolute atomic E-state index is 13.9. The van der Waals surface area contributed by atoms with Crippen molar-refractivity contribution in [2.24, 2.45) is 0 Å². The van der Waals surface area contributed by atoms with Gasteiger partial charge in [-0.1, -0.05) is 43.3 Å². The largest absolute Gasteiger partial charge is 0.416 e. The number of rotatable bonds is 8. The number of alkyl halides is 3. The van der Waals surface area contributed by atoms with E-state index in [2.05, 4.69) is 27.0 Å². The van der Waals surface area contributed by atoms with Gasteiger partial charge in [0.05, 0.1) is 17.5 Å². The number of piperazine rings is 1. The van der Waals surface area contributed by atoms with Gasteiger partial charge in [0.1, 0.15) is 5.65 Å². The fourth-order valence-corrected chi connectivity index (χ4v) is 5.03. The van der Waals surface area contributed by atoms with Gasteiger partial charge in [0.15, 0.2) is 0 Å². The lowest BCUT2D eigenvalue weighted by Gasteiger charge is -2.34. The van der Waals surface area contributed by atoms with Gasteiger partial charge in [-0.3, -0.25) is 14.1 Å². The van der Waals surface area contributed by atoms with Gasteiger partial charge in [-0.25, -0.2) is 4.98 Å². The molecule has 0 bridgehead atoms. The number of amides is 1. The SMILES string of the molecule is CCN1CCN(Cc2ccc(NC(=O)CCc3ccc(-c4cnc5ccccn45)cc3)cc2C(F)(F)F)CC1. The van der Waals surface area contributed by atoms with Crippen molar-refractivity contribution < 1.29 is 18.0 Å². The van der Waals surface area contributed by atoms with Crippen molar-refractivity contribution in [3.8, 4) is 11.3 Å². The molecule has 0 aliphatic carbocycles. The number of nitrogens with zero attached hydrogens (tertiary/aromatic N) is 4. The first kappa shape index (κ1) is 26.9. The molecular weight excluding hydrogens is 503 g/mol. The Labute approximate surface area is 226 Å². The molecule has 4 aromatic rings. The number of halogens is 3. The number of hydrogen-bond acceptors (Lipinski definition) is 4. The summed E-state index contributed by atoms with van der Waals surface area (Å²) in [6.45, 7) is 6.47. The average Bonchev–Trinajstić information content (AvgIpc) is 3.37. The second kappa shape index (κ2) is 11.6. The Bertz CT molecular complexity index is 1420. The second-order valence-corrected chi connectivity index (χ2v) is 9.90. The lowest BCUT2D eigenvalue weighted by Crippen LogP contribution is -2.45. The maximum atomic E-state index is 13.9. The summed E-state index contributed by atoms with van der Waals surface area (Å²) in [6.07, 6.45) is -0.0677. The number of carbonyl (C=O) groups excluding carboxylic acids is 1. The second-order valence-electron chi connectivity index (χ2n) is 9.90. The first-order chi connectivity index (χ1) is 18.8. The molecule has 3 heterocycles. The first-order valence-electron chi connectivity index (χ1n) is 13.3. The fourth-order valence-electron chi connectivity index (χ4n) is 5.03. The van der Waals surface area contributed by atoms with Crippen LogP contribution in [0.5, 0.6) is 0 Å². The Kier molecular flexibility index (Phi) is 7.99. The zero-order valence-electron chi connectivity index (χ0n) is 21.9. The van der Waals surface area contributed by atoms with Crippen LogP contribution in [-0.2, 0) is 23.9 Å². The summed E-state index contributed by atoms with van der Waals surface area (Å²) < 4.78 is 43.7. The molecule has 9 heteroatoms. The third-order valence-corrected chi connectivity index (χ3v) is 7.31. The lowest BCUT2D eigenvalue weighted by atomic mass is 10.0. The minimum atomic E-state index is -4.50. The summed E-state index contributed by atoms with van der Waals surface area (Å²) >= 11 is 0. The van der Waals surface area contributed by atoms with Gasteiger partial charge in [0, 0.05) is 56.6 Å². The van der Waals surface area contributed by atoms with E-state index >= 15 is 0 Å². The van der Waals surface area contributed by atoms with Gasteiger partial charge in [-0.05, 0) is 48.4 Å². The standard InChI is InChI=1S/C30H32F3N5O/c1-2-36-15-17-37(18-16-36)21-24-11-12-25(19-26(24)30(31,32)33)35-29(39)13-8-22-6-9-23(10-7-22)27-20-34-28-5-3-4-14-38(27)28/h3-7,9-12,14,19-20H,2,8,13,15-18,21H2,1H3,(H,35,39). The number of anilines is 1. The van der Waals surface area contributed by atoms with E-state index in [0.717, 1.165) is 61.3 Å². The molecule has 1 aliphatic heterocycles. The Morgan fingerprint density at radius 2 is 1.72 bits per heavy atom. The van der Waals surface area contributed by atoms with Crippen LogP contribution < -0.4 is 5.32 Å². The molecule has 2 aromatic carbocycles. The van der Waals surface area contributed by atoms with Crippen molar-refractivity contribution in [2.75, 3.05) is 38.0 Å². The highest BCUT2D eigenvalue weighted by molar-refractivity contribution is 5.91. The van der Waals surface area contributed by atoms with E-state index in [4.69, 9.17) is 0 Å². The Balaban J connectivity index is 1.19. The van der Waals surface area contributed by atoms with Crippen LogP contribution in [0.15, 0.2) is 73.1 Å². The van der Waals surface area contributed by atoms with Crippen LogP contribution in [0.25, 0.3) is 16.9 Å². The number of imidazole rings is 1. The predicted molar refractivity (Wildman–Crippen MR) is 146 cm³/mol. The maximum Gasteiger partial charge on any atom is 0.416 e. The Morgan fingerprint density at radius 3 is 2.44 bits per heavy atom. The normalized spacial score (nSPS) is 15.1. The van der Waals surface area contributed by atoms with E-state index in [-0.39, 0.29) is 30.1 Å². The number of likely N-dealkylation sites (N-methyl/N-ethyl adjacent to an activating group) is 1. The van der Waals surface area contributed by atoms with Gasteiger partial charge < -0.3 is 10.2 Å². The molecular formula is C30H32F3N5O. The van der Waals surface area contributed by atoms with Crippen LogP contribution in [0.3, 0.4) is 0 Å². The zero-order valence-corrected chi connectivity index (χ0v) is 21.9. The molecule has 1 saturated heterocycles. The summed E-state index contributed by atoms with van der Waals surface area (Å²) in [5, 5.41) is 2.65. The number of fused-ring (bicyclic) bond motifs is 1. The summed E-state index contributed by atoms with van der Waals surface area (Å²) in [6, 6.07) is 17.8. The van der Waals surface area contributed by atoms with Crippen LogP contribution in [0, 0.1) is 0 Å². The number of hydrogen-bond donors (Lipinski definition) is 1. The summed E-state index contributed by atoms with van der Waals surface area (Å²) in [5.41, 5.74) is 3.52. The van der Waals surface area contributed by atoms with Crippen molar-refractivity contribution >= 4 is 17.2 Å². The minimum absolute atomic E-state index is 0.162. The molecule has 1 aliphatic rings. The number of carbonyl (C=O) groups is 1. The van der Waals surface area contributed by atoms with Crippen molar-refractivity contribution in [1.82, 2.24) is 19.2 Å². The molecule has 0 saturated carbocycles. The highest BCUT2D eigenvalue weighted by Gasteiger charge is 2.34. The Hall–Kier alpha value is -3.69. The number of nitrogens with one attached hydrogen (secondary N) is 1. The average molecular weight is 536 g/mol. The molecule has 1 fully saturated rings. The van der Waals surface area contributed by atoms with E-state index in [1.807, 2.05) is 59.3 Å². The number of benzene rings is 2. The van der Waals surface area contributed by atoms with E-state index in [1.54, 1.807) is 6.07 Å². The predicted octanol–water partition coefficient (Wildman–Crippen LogP) is 5.73. The van der Waals surface area contributed by atoms with E-state index in [1.165, 1.54) is 6.07 Å². The van der Waals surface area contributed by atoms with Crippen LogP contribution in [0.1, 0.15) is 30.0 Å². The number of pyridine rings is 1. The zero-order chi connectivity index (χ0) is 27.4. The van der Waals surface area contributed by atoms with E-state index < -0.39 is 11.7 Å². The minimum Gasteiger partial charge on any atom is -0.326 e. The summed E-state index contributed by atoms with van der Waals surface area (Å²) in [4.78, 5) is 21.3. The molecule has 0 unspecified atom stereocenters. The van der Waals surface area contributed by atoms with E-state index in [9.17, 15) is 18.0 Å². The molecule has 0 spiro atoms. The van der Waals surface area contributed by atoms with Gasteiger partial charge in [0.2, 0.25) is 5.91 Å². The molecule has 0 atom stereocenters. The summed E-state index contributed by atoms with van der Waals surface area (Å²) in [5.74, 6) is -0.322. The molecule has 204 valence electrons. The van der Waals surface area contributed by atoms with Crippen molar-refractivity contribution in [2.45, 2.75) is 32.5 Å². The lowest BCUT2D eigenvalue weighted by molar-refractivity contribution is -0.138. The quantitative estimate of drug-likeness (QED) is 0.313. The van der Waals surface area contributed by atoms with Crippen molar-refractivity contribution in [1.29, 1.82) is 0 Å². The molecule has 1 amide bonds. The highest BCUT2D eigenvalue weighted by atomic mass is 19.4. The van der Waals surface area contributed by atoms with Crippen LogP contribution >= 0.6 is 0 Å². The van der Waals surface area contributed by atoms with Gasteiger partial charge in [0.25, 0.3) is 0 Å². The molecule has 1 N–H and O–H groups in total.